The highest BCUT2D eigenvalue weighted by atomic mass is 16.8. The minimum Gasteiger partial charge on any atom is -0.491 e. The SMILES string of the molecule is CC(C)NC[C@H](O)COc1ccc(O[C@@]2(O)O[C@H](CO)[C@@H](O)[C@H](O)[C@H]2O)cc1. The Labute approximate surface area is 162 Å². The Kier molecular flexibility index (Phi) is 7.98. The molecule has 160 valence electrons. The number of aliphatic hydroxyl groups is 6. The molecule has 0 aliphatic carbocycles. The number of ether oxygens (including phenoxy) is 3. The first kappa shape index (κ1) is 22.8. The van der Waals surface area contributed by atoms with E-state index in [1.54, 1.807) is 0 Å². The fraction of sp³-hybridized carbons (Fsp3) is 0.667. The second-order valence-electron chi connectivity index (χ2n) is 7.00. The molecular formula is C18H29NO9. The van der Waals surface area contributed by atoms with Gasteiger partial charge >= 0.3 is 5.97 Å². The maximum Gasteiger partial charge on any atom is 0.355 e. The Morgan fingerprint density at radius 2 is 1.71 bits per heavy atom. The zero-order valence-electron chi connectivity index (χ0n) is 15.8. The Morgan fingerprint density at radius 1 is 1.11 bits per heavy atom. The van der Waals surface area contributed by atoms with Crippen LogP contribution in [0, 0.1) is 0 Å². The minimum absolute atomic E-state index is 0.0773. The predicted octanol–water partition coefficient (Wildman–Crippen LogP) is -2.08. The van der Waals surface area contributed by atoms with Crippen molar-refractivity contribution < 1.29 is 44.8 Å². The summed E-state index contributed by atoms with van der Waals surface area (Å²) in [5.41, 5.74) is 0. The summed E-state index contributed by atoms with van der Waals surface area (Å²) in [6.45, 7) is 3.71. The zero-order chi connectivity index (χ0) is 20.9. The van der Waals surface area contributed by atoms with Crippen molar-refractivity contribution in [3.8, 4) is 11.5 Å². The fourth-order valence-electron chi connectivity index (χ4n) is 2.60. The summed E-state index contributed by atoms with van der Waals surface area (Å²) in [7, 11) is 0. The van der Waals surface area contributed by atoms with E-state index in [0.717, 1.165) is 0 Å². The molecule has 0 amide bonds. The van der Waals surface area contributed by atoms with Crippen LogP contribution < -0.4 is 14.8 Å². The third-order valence-corrected chi connectivity index (χ3v) is 4.22. The van der Waals surface area contributed by atoms with E-state index in [1.807, 2.05) is 13.8 Å². The summed E-state index contributed by atoms with van der Waals surface area (Å²) in [5, 5.41) is 62.0. The molecule has 1 aromatic rings. The number of rotatable bonds is 9. The van der Waals surface area contributed by atoms with Crippen LogP contribution in [0.1, 0.15) is 13.8 Å². The van der Waals surface area contributed by atoms with E-state index in [2.05, 4.69) is 5.32 Å². The van der Waals surface area contributed by atoms with Gasteiger partial charge in [0.1, 0.15) is 42.5 Å². The van der Waals surface area contributed by atoms with Crippen molar-refractivity contribution in [2.75, 3.05) is 19.8 Å². The third kappa shape index (κ3) is 5.75. The average Bonchev–Trinajstić information content (AvgIpc) is 2.67. The van der Waals surface area contributed by atoms with Crippen molar-refractivity contribution >= 4 is 0 Å². The molecule has 1 fully saturated rings. The van der Waals surface area contributed by atoms with E-state index < -0.39 is 43.1 Å². The van der Waals surface area contributed by atoms with Crippen LogP contribution in [0.15, 0.2) is 24.3 Å². The summed E-state index contributed by atoms with van der Waals surface area (Å²) in [6, 6.07) is 6.14. The molecule has 1 aliphatic rings. The van der Waals surface area contributed by atoms with Crippen molar-refractivity contribution in [3.63, 3.8) is 0 Å². The van der Waals surface area contributed by atoms with Crippen LogP contribution in [0.4, 0.5) is 0 Å². The van der Waals surface area contributed by atoms with E-state index in [9.17, 15) is 30.6 Å². The van der Waals surface area contributed by atoms with Crippen LogP contribution >= 0.6 is 0 Å². The second kappa shape index (κ2) is 9.81. The summed E-state index contributed by atoms with van der Waals surface area (Å²) >= 11 is 0. The molecule has 10 nitrogen and oxygen atoms in total. The van der Waals surface area contributed by atoms with Gasteiger partial charge in [-0.3, -0.25) is 0 Å². The molecule has 0 bridgehead atoms. The van der Waals surface area contributed by atoms with Gasteiger partial charge in [-0.05, 0) is 24.3 Å². The average molecular weight is 403 g/mol. The normalized spacial score (nSPS) is 31.6. The van der Waals surface area contributed by atoms with Crippen LogP contribution in [-0.4, -0.2) is 92.9 Å². The summed E-state index contributed by atoms with van der Waals surface area (Å²) < 4.78 is 15.7. The molecule has 0 radical (unpaired) electrons. The molecule has 0 spiro atoms. The van der Waals surface area contributed by atoms with Gasteiger partial charge in [-0.25, -0.2) is 0 Å². The Bertz CT molecular complexity index is 597. The lowest BCUT2D eigenvalue weighted by molar-refractivity contribution is -0.422. The van der Waals surface area contributed by atoms with Gasteiger partial charge in [-0.15, -0.1) is 0 Å². The standard InChI is InChI=1S/C18H29NO9/c1-10(2)19-7-11(21)9-26-12-3-5-13(6-4-12)27-18(25)17(24)16(23)15(22)14(8-20)28-18/h3-6,10-11,14-17,19-25H,7-9H2,1-2H3/t11-,14+,15+,16-,17+,18+/m0/s1. The van der Waals surface area contributed by atoms with Crippen molar-refractivity contribution in [3.05, 3.63) is 24.3 Å². The van der Waals surface area contributed by atoms with E-state index in [-0.39, 0.29) is 18.4 Å². The molecular weight excluding hydrogens is 374 g/mol. The van der Waals surface area contributed by atoms with Crippen molar-refractivity contribution in [1.29, 1.82) is 0 Å². The first-order valence-corrected chi connectivity index (χ1v) is 9.05. The highest BCUT2D eigenvalue weighted by Crippen LogP contribution is 2.31. The molecule has 1 heterocycles. The van der Waals surface area contributed by atoms with E-state index in [0.29, 0.717) is 12.3 Å². The Hall–Kier alpha value is -1.50. The molecule has 28 heavy (non-hydrogen) atoms. The van der Waals surface area contributed by atoms with Gasteiger partial charge in [0, 0.05) is 12.6 Å². The lowest BCUT2D eigenvalue weighted by atomic mass is 9.98. The molecule has 7 N–H and O–H groups in total. The molecule has 1 aliphatic heterocycles. The van der Waals surface area contributed by atoms with E-state index in [1.165, 1.54) is 24.3 Å². The Balaban J connectivity index is 1.94. The van der Waals surface area contributed by atoms with Crippen molar-refractivity contribution in [2.24, 2.45) is 0 Å². The Morgan fingerprint density at radius 3 is 2.29 bits per heavy atom. The van der Waals surface area contributed by atoms with E-state index >= 15 is 0 Å². The number of hydrogen-bond acceptors (Lipinski definition) is 10. The highest BCUT2D eigenvalue weighted by molar-refractivity contribution is 5.31. The van der Waals surface area contributed by atoms with Gasteiger partial charge in [0.05, 0.1) is 6.61 Å². The largest absolute Gasteiger partial charge is 0.491 e. The van der Waals surface area contributed by atoms with Gasteiger partial charge in [0.2, 0.25) is 0 Å². The second-order valence-corrected chi connectivity index (χ2v) is 7.00. The third-order valence-electron chi connectivity index (χ3n) is 4.22. The first-order chi connectivity index (χ1) is 13.2. The number of hydrogen-bond donors (Lipinski definition) is 7. The number of nitrogens with one attached hydrogen (secondary N) is 1. The van der Waals surface area contributed by atoms with Gasteiger partial charge in [-0.2, -0.15) is 0 Å². The zero-order valence-corrected chi connectivity index (χ0v) is 15.8. The van der Waals surface area contributed by atoms with Crippen molar-refractivity contribution in [2.45, 2.75) is 56.4 Å². The topological polar surface area (TPSA) is 161 Å². The quantitative estimate of drug-likeness (QED) is 0.228. The first-order valence-electron chi connectivity index (χ1n) is 9.05. The maximum absolute atomic E-state index is 10.4. The molecule has 6 atom stereocenters. The van der Waals surface area contributed by atoms with E-state index in [4.69, 9.17) is 14.2 Å². The predicted molar refractivity (Wildman–Crippen MR) is 96.6 cm³/mol. The molecule has 0 aromatic heterocycles. The molecule has 1 saturated heterocycles. The molecule has 10 heteroatoms. The van der Waals surface area contributed by atoms with Crippen molar-refractivity contribution in [1.82, 2.24) is 5.32 Å². The molecule has 0 unspecified atom stereocenters. The molecule has 1 aromatic carbocycles. The maximum atomic E-state index is 10.4. The highest BCUT2D eigenvalue weighted by Gasteiger charge is 2.55. The summed E-state index contributed by atoms with van der Waals surface area (Å²) in [4.78, 5) is 0. The van der Waals surface area contributed by atoms with Crippen LogP contribution in [0.25, 0.3) is 0 Å². The fourth-order valence-corrected chi connectivity index (χ4v) is 2.60. The lowest BCUT2D eigenvalue weighted by Crippen LogP contribution is -2.67. The monoisotopic (exact) mass is 403 g/mol. The smallest absolute Gasteiger partial charge is 0.355 e. The van der Waals surface area contributed by atoms with Crippen LogP contribution in [0.5, 0.6) is 11.5 Å². The van der Waals surface area contributed by atoms with Gasteiger partial charge in [-0.1, -0.05) is 13.8 Å². The molecule has 2 rings (SSSR count). The van der Waals surface area contributed by atoms with Crippen LogP contribution in [0.3, 0.4) is 0 Å². The number of aliphatic hydroxyl groups excluding tert-OH is 5. The number of benzene rings is 1. The van der Waals surface area contributed by atoms with Gasteiger partial charge in [0.15, 0.2) is 6.10 Å². The van der Waals surface area contributed by atoms with Crippen LogP contribution in [0.2, 0.25) is 0 Å². The minimum atomic E-state index is -2.66. The van der Waals surface area contributed by atoms with Gasteiger partial charge < -0.3 is 50.2 Å². The summed E-state index contributed by atoms with van der Waals surface area (Å²) in [6.07, 6.45) is -7.36. The summed E-state index contributed by atoms with van der Waals surface area (Å²) in [5.74, 6) is -2.14. The molecule has 0 saturated carbocycles. The van der Waals surface area contributed by atoms with Crippen LogP contribution in [-0.2, 0) is 4.74 Å². The van der Waals surface area contributed by atoms with Gasteiger partial charge in [0.25, 0.3) is 0 Å². The lowest BCUT2D eigenvalue weighted by Gasteiger charge is -2.44.